The van der Waals surface area contributed by atoms with Gasteiger partial charge in [-0.05, 0) is 18.1 Å². The Hall–Kier alpha value is -0.890. The van der Waals surface area contributed by atoms with E-state index in [-0.39, 0.29) is 11.7 Å². The second-order valence-electron chi connectivity index (χ2n) is 4.18. The van der Waals surface area contributed by atoms with Crippen molar-refractivity contribution in [2.45, 2.75) is 33.1 Å². The molecule has 1 aromatic rings. The largest absolute Gasteiger partial charge is 0.299 e. The number of rotatable bonds is 4. The standard InChI is InChI=1S/C13H16ClFO/c1-4-11(16)12(8(2)3)13-9(14)6-5-7-10(13)15/h5-8,12H,4H2,1-3H3. The van der Waals surface area contributed by atoms with Crippen LogP contribution in [0.1, 0.15) is 38.7 Å². The maximum absolute atomic E-state index is 13.7. The quantitative estimate of drug-likeness (QED) is 0.774. The highest BCUT2D eigenvalue weighted by molar-refractivity contribution is 6.31. The predicted octanol–water partition coefficient (Wildman–Crippen LogP) is 4.20. The average molecular weight is 243 g/mol. The zero-order valence-corrected chi connectivity index (χ0v) is 10.5. The minimum absolute atomic E-state index is 0.0296. The van der Waals surface area contributed by atoms with E-state index in [0.717, 1.165) is 0 Å². The fourth-order valence-corrected chi connectivity index (χ4v) is 2.17. The lowest BCUT2D eigenvalue weighted by atomic mass is 9.83. The summed E-state index contributed by atoms with van der Waals surface area (Å²) in [6, 6.07) is 4.52. The molecule has 1 aromatic carbocycles. The van der Waals surface area contributed by atoms with Gasteiger partial charge in [0.2, 0.25) is 0 Å². The van der Waals surface area contributed by atoms with E-state index in [1.165, 1.54) is 6.07 Å². The Balaban J connectivity index is 3.26. The second-order valence-corrected chi connectivity index (χ2v) is 4.58. The lowest BCUT2D eigenvalue weighted by Gasteiger charge is -2.21. The van der Waals surface area contributed by atoms with Gasteiger partial charge in [0.15, 0.2) is 0 Å². The molecule has 1 nitrogen and oxygen atoms in total. The number of carbonyl (C=O) groups is 1. The van der Waals surface area contributed by atoms with Crippen LogP contribution in [0.2, 0.25) is 5.02 Å². The number of hydrogen-bond donors (Lipinski definition) is 0. The van der Waals surface area contributed by atoms with Gasteiger partial charge in [-0.1, -0.05) is 38.4 Å². The summed E-state index contributed by atoms with van der Waals surface area (Å²) in [5.41, 5.74) is 0.339. The normalized spacial score (nSPS) is 12.9. The Morgan fingerprint density at radius 3 is 2.50 bits per heavy atom. The van der Waals surface area contributed by atoms with Gasteiger partial charge in [-0.3, -0.25) is 4.79 Å². The summed E-state index contributed by atoms with van der Waals surface area (Å²) in [4.78, 5) is 11.8. The van der Waals surface area contributed by atoms with E-state index < -0.39 is 11.7 Å². The smallest absolute Gasteiger partial charge is 0.140 e. The van der Waals surface area contributed by atoms with Gasteiger partial charge < -0.3 is 0 Å². The van der Waals surface area contributed by atoms with Crippen LogP contribution in [-0.2, 0) is 4.79 Å². The first-order valence-corrected chi connectivity index (χ1v) is 5.83. The molecule has 0 N–H and O–H groups in total. The van der Waals surface area contributed by atoms with Crippen molar-refractivity contribution in [3.8, 4) is 0 Å². The van der Waals surface area contributed by atoms with E-state index in [4.69, 9.17) is 11.6 Å². The molecule has 0 heterocycles. The number of halogens is 2. The number of ketones is 1. The highest BCUT2D eigenvalue weighted by Gasteiger charge is 2.27. The van der Waals surface area contributed by atoms with Crippen molar-refractivity contribution in [3.63, 3.8) is 0 Å². The molecule has 0 radical (unpaired) electrons. The fraction of sp³-hybridized carbons (Fsp3) is 0.462. The first-order valence-electron chi connectivity index (χ1n) is 5.45. The highest BCUT2D eigenvalue weighted by atomic mass is 35.5. The Labute approximate surface area is 101 Å². The number of hydrogen-bond acceptors (Lipinski definition) is 1. The Bertz CT molecular complexity index is 367. The summed E-state index contributed by atoms with van der Waals surface area (Å²) in [6.45, 7) is 5.59. The van der Waals surface area contributed by atoms with E-state index in [2.05, 4.69) is 0 Å². The molecule has 3 heteroatoms. The molecule has 0 bridgehead atoms. The summed E-state index contributed by atoms with van der Waals surface area (Å²) in [5.74, 6) is -0.768. The van der Waals surface area contributed by atoms with E-state index in [0.29, 0.717) is 17.0 Å². The second kappa shape index (κ2) is 5.44. The maximum atomic E-state index is 13.7. The molecule has 0 aliphatic rings. The van der Waals surface area contributed by atoms with Crippen molar-refractivity contribution >= 4 is 17.4 Å². The molecular weight excluding hydrogens is 227 g/mol. The van der Waals surface area contributed by atoms with Crippen LogP contribution in [-0.4, -0.2) is 5.78 Å². The van der Waals surface area contributed by atoms with E-state index in [1.54, 1.807) is 19.1 Å². The molecule has 0 spiro atoms. The number of benzene rings is 1. The maximum Gasteiger partial charge on any atom is 0.140 e. The van der Waals surface area contributed by atoms with Crippen molar-refractivity contribution in [2.75, 3.05) is 0 Å². The molecule has 1 rings (SSSR count). The van der Waals surface area contributed by atoms with Crippen molar-refractivity contribution in [3.05, 3.63) is 34.6 Å². The van der Waals surface area contributed by atoms with E-state index in [1.807, 2.05) is 13.8 Å². The summed E-state index contributed by atoms with van der Waals surface area (Å²) in [7, 11) is 0. The molecule has 0 saturated carbocycles. The third-order valence-electron chi connectivity index (χ3n) is 2.67. The van der Waals surface area contributed by atoms with Crippen LogP contribution in [0.15, 0.2) is 18.2 Å². The van der Waals surface area contributed by atoms with Crippen LogP contribution in [0.3, 0.4) is 0 Å². The number of carbonyl (C=O) groups excluding carboxylic acids is 1. The van der Waals surface area contributed by atoms with Crippen molar-refractivity contribution < 1.29 is 9.18 Å². The first-order chi connectivity index (χ1) is 7.49. The minimum Gasteiger partial charge on any atom is -0.299 e. The van der Waals surface area contributed by atoms with Gasteiger partial charge in [-0.15, -0.1) is 0 Å². The third kappa shape index (κ3) is 2.62. The Morgan fingerprint density at radius 1 is 1.44 bits per heavy atom. The third-order valence-corrected chi connectivity index (χ3v) is 3.00. The number of Topliss-reactive ketones (excluding diaryl/α,β-unsaturated/α-hetero) is 1. The summed E-state index contributed by atoms with van der Waals surface area (Å²) >= 11 is 5.98. The molecular formula is C13H16ClFO. The average Bonchev–Trinajstić information content (AvgIpc) is 2.22. The topological polar surface area (TPSA) is 17.1 Å². The van der Waals surface area contributed by atoms with Gasteiger partial charge >= 0.3 is 0 Å². The molecule has 1 atom stereocenters. The molecule has 16 heavy (non-hydrogen) atoms. The summed E-state index contributed by atoms with van der Waals surface area (Å²) in [6.07, 6.45) is 0.396. The van der Waals surface area contributed by atoms with E-state index in [9.17, 15) is 9.18 Å². The Kier molecular flexibility index (Phi) is 4.48. The van der Waals surface area contributed by atoms with Gasteiger partial charge in [0, 0.05) is 22.9 Å². The van der Waals surface area contributed by atoms with Crippen LogP contribution in [0.25, 0.3) is 0 Å². The molecule has 0 aliphatic carbocycles. The minimum atomic E-state index is -0.446. The van der Waals surface area contributed by atoms with Gasteiger partial charge in [-0.25, -0.2) is 4.39 Å². The molecule has 1 unspecified atom stereocenters. The van der Waals surface area contributed by atoms with Crippen LogP contribution in [0.4, 0.5) is 4.39 Å². The van der Waals surface area contributed by atoms with Crippen LogP contribution >= 0.6 is 11.6 Å². The van der Waals surface area contributed by atoms with Crippen molar-refractivity contribution in [1.29, 1.82) is 0 Å². The van der Waals surface area contributed by atoms with Crippen molar-refractivity contribution in [1.82, 2.24) is 0 Å². The van der Waals surface area contributed by atoms with Gasteiger partial charge in [0.25, 0.3) is 0 Å². The fourth-order valence-electron chi connectivity index (χ4n) is 1.89. The SMILES string of the molecule is CCC(=O)C(c1c(F)cccc1Cl)C(C)C. The molecule has 0 saturated heterocycles. The van der Waals surface area contributed by atoms with Crippen LogP contribution in [0.5, 0.6) is 0 Å². The van der Waals surface area contributed by atoms with Gasteiger partial charge in [-0.2, -0.15) is 0 Å². The summed E-state index contributed by atoms with van der Waals surface area (Å²) in [5, 5.41) is 0.334. The van der Waals surface area contributed by atoms with E-state index >= 15 is 0 Å². The molecule has 0 fully saturated rings. The Morgan fingerprint density at radius 2 is 2.06 bits per heavy atom. The molecule has 0 amide bonds. The first kappa shape index (κ1) is 13.2. The van der Waals surface area contributed by atoms with Gasteiger partial charge in [0.1, 0.15) is 11.6 Å². The zero-order chi connectivity index (χ0) is 12.3. The van der Waals surface area contributed by atoms with Crippen LogP contribution in [0, 0.1) is 11.7 Å². The van der Waals surface area contributed by atoms with Gasteiger partial charge in [0.05, 0.1) is 0 Å². The predicted molar refractivity (Wildman–Crippen MR) is 64.3 cm³/mol. The zero-order valence-electron chi connectivity index (χ0n) is 9.76. The highest BCUT2D eigenvalue weighted by Crippen LogP contribution is 2.33. The lowest BCUT2D eigenvalue weighted by Crippen LogP contribution is -2.19. The lowest BCUT2D eigenvalue weighted by molar-refractivity contribution is -0.121. The molecule has 0 aromatic heterocycles. The monoisotopic (exact) mass is 242 g/mol. The summed E-state index contributed by atoms with van der Waals surface area (Å²) < 4.78 is 13.7. The molecule has 88 valence electrons. The van der Waals surface area contributed by atoms with Crippen LogP contribution < -0.4 is 0 Å². The van der Waals surface area contributed by atoms with Crippen molar-refractivity contribution in [2.24, 2.45) is 5.92 Å². The molecule has 0 aliphatic heterocycles.